The Morgan fingerprint density at radius 2 is 1.92 bits per heavy atom. The Morgan fingerprint density at radius 3 is 2.65 bits per heavy atom. The lowest BCUT2D eigenvalue weighted by atomic mass is 10.2. The third-order valence-electron chi connectivity index (χ3n) is 3.95. The first-order chi connectivity index (χ1) is 12.7. The molecule has 0 unspecified atom stereocenters. The number of aromatic nitrogens is 2. The number of fused-ring (bicyclic) bond motifs is 1. The van der Waals surface area contributed by atoms with Crippen LogP contribution in [-0.4, -0.2) is 29.5 Å². The van der Waals surface area contributed by atoms with Gasteiger partial charge in [-0.2, -0.15) is 0 Å². The maximum absolute atomic E-state index is 13.0. The Balaban J connectivity index is 2.09. The highest BCUT2D eigenvalue weighted by molar-refractivity contribution is 7.99. The van der Waals surface area contributed by atoms with Crippen LogP contribution in [0.4, 0.5) is 0 Å². The van der Waals surface area contributed by atoms with Gasteiger partial charge in [0.25, 0.3) is 5.56 Å². The standard InChI is InChI=1S/C20H20N2O3S/c1-4-11-26-20-21-16-8-6-5-7-15(16)19(23)22(20)13-14-9-10-17(24-2)18(12-14)25-3/h4-10,12H,1,11,13H2,2-3H3. The minimum atomic E-state index is -0.0584. The maximum Gasteiger partial charge on any atom is 0.262 e. The minimum Gasteiger partial charge on any atom is -0.493 e. The number of thioether (sulfide) groups is 1. The fourth-order valence-electron chi connectivity index (χ4n) is 2.69. The number of hydrogen-bond acceptors (Lipinski definition) is 5. The van der Waals surface area contributed by atoms with Crippen LogP contribution in [0.3, 0.4) is 0 Å². The summed E-state index contributed by atoms with van der Waals surface area (Å²) in [5.41, 5.74) is 1.58. The predicted octanol–water partition coefficient (Wildman–Crippen LogP) is 3.74. The van der Waals surface area contributed by atoms with Gasteiger partial charge in [0, 0.05) is 5.75 Å². The summed E-state index contributed by atoms with van der Waals surface area (Å²) in [7, 11) is 3.19. The summed E-state index contributed by atoms with van der Waals surface area (Å²) in [4.78, 5) is 17.7. The maximum atomic E-state index is 13.0. The first kappa shape index (κ1) is 18.1. The topological polar surface area (TPSA) is 53.4 Å². The number of nitrogens with zero attached hydrogens (tertiary/aromatic N) is 2. The lowest BCUT2D eigenvalue weighted by Gasteiger charge is -2.14. The van der Waals surface area contributed by atoms with E-state index in [2.05, 4.69) is 11.6 Å². The summed E-state index contributed by atoms with van der Waals surface area (Å²) in [6.45, 7) is 4.15. The predicted molar refractivity (Wildman–Crippen MR) is 106 cm³/mol. The molecule has 0 saturated heterocycles. The van der Waals surface area contributed by atoms with Crippen molar-refractivity contribution in [3.8, 4) is 11.5 Å². The summed E-state index contributed by atoms with van der Waals surface area (Å²) in [5.74, 6) is 1.96. The summed E-state index contributed by atoms with van der Waals surface area (Å²) < 4.78 is 12.3. The molecule has 2 aromatic carbocycles. The molecule has 0 spiro atoms. The van der Waals surface area contributed by atoms with Crippen LogP contribution in [0.15, 0.2) is 65.1 Å². The number of methoxy groups -OCH3 is 2. The summed E-state index contributed by atoms with van der Waals surface area (Å²) >= 11 is 1.49. The molecule has 0 bridgehead atoms. The lowest BCUT2D eigenvalue weighted by Crippen LogP contribution is -2.24. The molecule has 0 atom stereocenters. The fourth-order valence-corrected chi connectivity index (χ4v) is 3.43. The summed E-state index contributed by atoms with van der Waals surface area (Å²) in [6.07, 6.45) is 1.80. The monoisotopic (exact) mass is 368 g/mol. The van der Waals surface area contributed by atoms with Crippen LogP contribution < -0.4 is 15.0 Å². The molecule has 0 aliphatic carbocycles. The molecule has 6 heteroatoms. The van der Waals surface area contributed by atoms with E-state index in [0.29, 0.717) is 39.9 Å². The van der Waals surface area contributed by atoms with Crippen LogP contribution in [0.1, 0.15) is 5.56 Å². The van der Waals surface area contributed by atoms with E-state index in [0.717, 1.165) is 5.56 Å². The van der Waals surface area contributed by atoms with Crippen LogP contribution in [0, 0.1) is 0 Å². The number of ether oxygens (including phenoxy) is 2. The summed E-state index contributed by atoms with van der Waals surface area (Å²) in [5, 5.41) is 1.28. The number of benzene rings is 2. The Hall–Kier alpha value is -2.73. The molecule has 0 radical (unpaired) electrons. The molecule has 0 N–H and O–H groups in total. The van der Waals surface area contributed by atoms with E-state index in [9.17, 15) is 4.79 Å². The molecule has 1 heterocycles. The normalized spacial score (nSPS) is 10.7. The minimum absolute atomic E-state index is 0.0584. The van der Waals surface area contributed by atoms with E-state index in [1.54, 1.807) is 30.9 Å². The first-order valence-electron chi connectivity index (χ1n) is 8.12. The highest BCUT2D eigenvalue weighted by Crippen LogP contribution is 2.28. The third-order valence-corrected chi connectivity index (χ3v) is 4.92. The zero-order chi connectivity index (χ0) is 18.5. The van der Waals surface area contributed by atoms with Crippen molar-refractivity contribution in [2.75, 3.05) is 20.0 Å². The molecule has 0 amide bonds. The van der Waals surface area contributed by atoms with Gasteiger partial charge < -0.3 is 9.47 Å². The zero-order valence-corrected chi connectivity index (χ0v) is 15.6. The van der Waals surface area contributed by atoms with Crippen LogP contribution in [0.25, 0.3) is 10.9 Å². The van der Waals surface area contributed by atoms with Gasteiger partial charge in [-0.1, -0.05) is 36.0 Å². The van der Waals surface area contributed by atoms with Crippen LogP contribution in [0.2, 0.25) is 0 Å². The molecule has 26 heavy (non-hydrogen) atoms. The highest BCUT2D eigenvalue weighted by atomic mass is 32.2. The van der Waals surface area contributed by atoms with Gasteiger partial charge >= 0.3 is 0 Å². The van der Waals surface area contributed by atoms with Gasteiger partial charge in [-0.15, -0.1) is 6.58 Å². The van der Waals surface area contributed by atoms with Crippen molar-refractivity contribution in [2.45, 2.75) is 11.7 Å². The van der Waals surface area contributed by atoms with Gasteiger partial charge in [0.1, 0.15) is 0 Å². The smallest absolute Gasteiger partial charge is 0.262 e. The molecular formula is C20H20N2O3S. The average molecular weight is 368 g/mol. The van der Waals surface area contributed by atoms with E-state index in [1.807, 2.05) is 36.4 Å². The molecular weight excluding hydrogens is 348 g/mol. The van der Waals surface area contributed by atoms with Gasteiger partial charge in [0.15, 0.2) is 16.7 Å². The van der Waals surface area contributed by atoms with Crippen molar-refractivity contribution < 1.29 is 9.47 Å². The van der Waals surface area contributed by atoms with E-state index in [4.69, 9.17) is 9.47 Å². The Labute approximate surface area is 156 Å². The Morgan fingerprint density at radius 1 is 1.15 bits per heavy atom. The van der Waals surface area contributed by atoms with Gasteiger partial charge in [-0.3, -0.25) is 9.36 Å². The molecule has 1 aromatic heterocycles. The zero-order valence-electron chi connectivity index (χ0n) is 14.8. The van der Waals surface area contributed by atoms with Gasteiger partial charge in [0.2, 0.25) is 0 Å². The summed E-state index contributed by atoms with van der Waals surface area (Å²) in [6, 6.07) is 13.0. The molecule has 0 aliphatic rings. The molecule has 3 rings (SSSR count). The highest BCUT2D eigenvalue weighted by Gasteiger charge is 2.13. The second-order valence-corrected chi connectivity index (χ2v) is 6.58. The van der Waals surface area contributed by atoms with Crippen molar-refractivity contribution in [2.24, 2.45) is 0 Å². The van der Waals surface area contributed by atoms with E-state index >= 15 is 0 Å². The van der Waals surface area contributed by atoms with E-state index < -0.39 is 0 Å². The van der Waals surface area contributed by atoms with E-state index in [-0.39, 0.29) is 5.56 Å². The average Bonchev–Trinajstić information content (AvgIpc) is 2.68. The third kappa shape index (κ3) is 3.60. The van der Waals surface area contributed by atoms with Crippen molar-refractivity contribution in [1.29, 1.82) is 0 Å². The fraction of sp³-hybridized carbons (Fsp3) is 0.200. The van der Waals surface area contributed by atoms with Gasteiger partial charge in [-0.05, 0) is 29.8 Å². The van der Waals surface area contributed by atoms with Crippen molar-refractivity contribution in [1.82, 2.24) is 9.55 Å². The van der Waals surface area contributed by atoms with Crippen molar-refractivity contribution >= 4 is 22.7 Å². The van der Waals surface area contributed by atoms with Crippen LogP contribution in [0.5, 0.6) is 11.5 Å². The quantitative estimate of drug-likeness (QED) is 0.361. The van der Waals surface area contributed by atoms with Crippen LogP contribution in [-0.2, 0) is 6.54 Å². The second kappa shape index (κ2) is 8.10. The SMILES string of the molecule is C=CCSc1nc2ccccc2c(=O)n1Cc1ccc(OC)c(OC)c1. The van der Waals surface area contributed by atoms with E-state index in [1.165, 1.54) is 11.8 Å². The van der Waals surface area contributed by atoms with Gasteiger partial charge in [-0.25, -0.2) is 4.98 Å². The molecule has 134 valence electrons. The number of para-hydroxylation sites is 1. The van der Waals surface area contributed by atoms with Crippen molar-refractivity contribution in [3.05, 3.63) is 71.0 Å². The Bertz CT molecular complexity index is 998. The number of rotatable bonds is 7. The van der Waals surface area contributed by atoms with Crippen molar-refractivity contribution in [3.63, 3.8) is 0 Å². The molecule has 0 fully saturated rings. The largest absolute Gasteiger partial charge is 0.493 e. The number of hydrogen-bond donors (Lipinski definition) is 0. The molecule has 5 nitrogen and oxygen atoms in total. The van der Waals surface area contributed by atoms with Crippen LogP contribution >= 0.6 is 11.8 Å². The molecule has 0 saturated carbocycles. The second-order valence-electron chi connectivity index (χ2n) is 5.59. The lowest BCUT2D eigenvalue weighted by molar-refractivity contribution is 0.354. The first-order valence-corrected chi connectivity index (χ1v) is 9.10. The Kier molecular flexibility index (Phi) is 5.63. The molecule has 0 aliphatic heterocycles. The molecule has 3 aromatic rings. The van der Waals surface area contributed by atoms with Gasteiger partial charge in [0.05, 0.1) is 31.7 Å².